The summed E-state index contributed by atoms with van der Waals surface area (Å²) in [6.45, 7) is 2.20. The van der Waals surface area contributed by atoms with E-state index in [9.17, 15) is 4.79 Å². The largest absolute Gasteiger partial charge is 0.317 e. The fraction of sp³-hybridized carbons (Fsp3) is 0.667. The van der Waals surface area contributed by atoms with Crippen LogP contribution in [-0.2, 0) is 7.05 Å². The van der Waals surface area contributed by atoms with E-state index in [4.69, 9.17) is 0 Å². The van der Waals surface area contributed by atoms with Crippen molar-refractivity contribution in [2.45, 2.75) is 25.7 Å². The summed E-state index contributed by atoms with van der Waals surface area (Å²) < 4.78 is 1.68. The molecule has 0 bridgehead atoms. The predicted octanol–water partition coefficient (Wildman–Crippen LogP) is 1.38. The third-order valence-electron chi connectivity index (χ3n) is 3.24. The number of aryl methyl sites for hydroxylation is 1. The Morgan fingerprint density at radius 1 is 1.56 bits per heavy atom. The van der Waals surface area contributed by atoms with Crippen LogP contribution in [0.3, 0.4) is 0 Å². The van der Waals surface area contributed by atoms with Gasteiger partial charge in [-0.1, -0.05) is 0 Å². The minimum Gasteiger partial charge on any atom is -0.317 e. The molecule has 88 valence electrons. The average Bonchev–Trinajstić information content (AvgIpc) is 2.74. The number of Topliss-reactive ketones (excluding diaryl/α,β-unsaturated/α-hetero) is 1. The molecule has 1 fully saturated rings. The molecule has 0 atom stereocenters. The first-order valence-electron chi connectivity index (χ1n) is 5.99. The summed E-state index contributed by atoms with van der Waals surface area (Å²) >= 11 is 0. The lowest BCUT2D eigenvalue weighted by atomic mass is 9.92. The van der Waals surface area contributed by atoms with E-state index >= 15 is 0 Å². The zero-order valence-electron chi connectivity index (χ0n) is 9.78. The molecular weight excluding hydrogens is 202 g/mol. The van der Waals surface area contributed by atoms with E-state index in [-0.39, 0.29) is 5.78 Å². The second-order valence-electron chi connectivity index (χ2n) is 4.53. The van der Waals surface area contributed by atoms with Gasteiger partial charge in [0.2, 0.25) is 0 Å². The third-order valence-corrected chi connectivity index (χ3v) is 3.24. The second-order valence-corrected chi connectivity index (χ2v) is 4.53. The fourth-order valence-corrected chi connectivity index (χ4v) is 2.20. The summed E-state index contributed by atoms with van der Waals surface area (Å²) in [5, 5.41) is 7.47. The highest BCUT2D eigenvalue weighted by atomic mass is 16.1. The normalized spacial score (nSPS) is 17.6. The molecule has 0 amide bonds. The maximum atomic E-state index is 11.8. The molecule has 0 aromatic carbocycles. The summed E-state index contributed by atoms with van der Waals surface area (Å²) in [6.07, 6.45) is 5.88. The van der Waals surface area contributed by atoms with Crippen LogP contribution in [0.2, 0.25) is 0 Å². The van der Waals surface area contributed by atoms with E-state index < -0.39 is 0 Å². The topological polar surface area (TPSA) is 46.9 Å². The molecule has 1 saturated heterocycles. The molecule has 1 aromatic rings. The van der Waals surface area contributed by atoms with Gasteiger partial charge in [-0.3, -0.25) is 9.48 Å². The molecule has 0 aliphatic carbocycles. The highest BCUT2D eigenvalue weighted by Crippen LogP contribution is 2.18. The molecule has 0 unspecified atom stereocenters. The highest BCUT2D eigenvalue weighted by Gasteiger charge is 2.16. The Bertz CT molecular complexity index is 353. The van der Waals surface area contributed by atoms with Crippen LogP contribution in [0, 0.1) is 5.92 Å². The molecule has 1 aromatic heterocycles. The van der Waals surface area contributed by atoms with Gasteiger partial charge in [0, 0.05) is 19.7 Å². The molecule has 0 radical (unpaired) electrons. The molecule has 2 heterocycles. The molecule has 16 heavy (non-hydrogen) atoms. The van der Waals surface area contributed by atoms with Gasteiger partial charge in [-0.15, -0.1) is 0 Å². The first-order valence-corrected chi connectivity index (χ1v) is 5.99. The number of hydrogen-bond donors (Lipinski definition) is 1. The van der Waals surface area contributed by atoms with Crippen molar-refractivity contribution in [1.29, 1.82) is 0 Å². The number of carbonyl (C=O) groups is 1. The zero-order chi connectivity index (χ0) is 11.4. The van der Waals surface area contributed by atoms with E-state index in [2.05, 4.69) is 10.4 Å². The minimum absolute atomic E-state index is 0.180. The molecular formula is C12H19N3O. The van der Waals surface area contributed by atoms with Crippen molar-refractivity contribution in [3.05, 3.63) is 18.0 Å². The summed E-state index contributed by atoms with van der Waals surface area (Å²) in [5.41, 5.74) is 0.608. The van der Waals surface area contributed by atoms with Crippen molar-refractivity contribution in [2.24, 2.45) is 13.0 Å². The standard InChI is InChI=1S/C12H19N3O/c1-15-9-6-11(14-15)12(16)3-2-10-4-7-13-8-5-10/h6,9-10,13H,2-5,7-8H2,1H3. The van der Waals surface area contributed by atoms with Crippen LogP contribution in [0.5, 0.6) is 0 Å². The zero-order valence-corrected chi connectivity index (χ0v) is 9.78. The Labute approximate surface area is 96.0 Å². The van der Waals surface area contributed by atoms with E-state index in [0.717, 1.165) is 19.5 Å². The van der Waals surface area contributed by atoms with Crippen LogP contribution in [0.1, 0.15) is 36.2 Å². The first-order chi connectivity index (χ1) is 7.75. The summed E-state index contributed by atoms with van der Waals surface area (Å²) in [7, 11) is 1.84. The Morgan fingerprint density at radius 2 is 2.31 bits per heavy atom. The summed E-state index contributed by atoms with van der Waals surface area (Å²) in [5.74, 6) is 0.896. The summed E-state index contributed by atoms with van der Waals surface area (Å²) in [6, 6.07) is 1.80. The van der Waals surface area contributed by atoms with Crippen molar-refractivity contribution >= 4 is 5.78 Å². The molecule has 1 aliphatic heterocycles. The van der Waals surface area contributed by atoms with Crippen molar-refractivity contribution < 1.29 is 4.79 Å². The lowest BCUT2D eigenvalue weighted by Gasteiger charge is -2.21. The van der Waals surface area contributed by atoms with Crippen LogP contribution < -0.4 is 5.32 Å². The van der Waals surface area contributed by atoms with Gasteiger partial charge in [-0.2, -0.15) is 5.10 Å². The Hall–Kier alpha value is -1.16. The lowest BCUT2D eigenvalue weighted by molar-refractivity contribution is 0.0965. The number of nitrogens with zero attached hydrogens (tertiary/aromatic N) is 2. The van der Waals surface area contributed by atoms with Gasteiger partial charge < -0.3 is 5.32 Å². The lowest BCUT2D eigenvalue weighted by Crippen LogP contribution is -2.28. The number of hydrogen-bond acceptors (Lipinski definition) is 3. The van der Waals surface area contributed by atoms with Gasteiger partial charge in [-0.05, 0) is 44.3 Å². The molecule has 2 rings (SSSR count). The molecule has 0 spiro atoms. The second kappa shape index (κ2) is 5.25. The number of nitrogens with one attached hydrogen (secondary N) is 1. The van der Waals surface area contributed by atoms with Crippen molar-refractivity contribution in [3.63, 3.8) is 0 Å². The van der Waals surface area contributed by atoms with Crippen LogP contribution in [0.15, 0.2) is 12.3 Å². The quantitative estimate of drug-likeness (QED) is 0.781. The van der Waals surface area contributed by atoms with E-state index in [1.54, 1.807) is 10.7 Å². The number of aromatic nitrogens is 2. The van der Waals surface area contributed by atoms with E-state index in [1.807, 2.05) is 13.2 Å². The average molecular weight is 221 g/mol. The van der Waals surface area contributed by atoms with Gasteiger partial charge >= 0.3 is 0 Å². The van der Waals surface area contributed by atoms with E-state index in [1.165, 1.54) is 12.8 Å². The number of rotatable bonds is 4. The smallest absolute Gasteiger partial charge is 0.183 e. The Balaban J connectivity index is 1.79. The maximum Gasteiger partial charge on any atom is 0.183 e. The summed E-state index contributed by atoms with van der Waals surface area (Å²) in [4.78, 5) is 11.8. The van der Waals surface area contributed by atoms with Gasteiger partial charge in [0.1, 0.15) is 5.69 Å². The first kappa shape index (κ1) is 11.3. The Kier molecular flexibility index (Phi) is 3.72. The molecule has 4 nitrogen and oxygen atoms in total. The van der Waals surface area contributed by atoms with Crippen molar-refractivity contribution in [2.75, 3.05) is 13.1 Å². The van der Waals surface area contributed by atoms with Gasteiger partial charge in [0.15, 0.2) is 5.78 Å². The fourth-order valence-electron chi connectivity index (χ4n) is 2.20. The molecule has 1 aliphatic rings. The van der Waals surface area contributed by atoms with Gasteiger partial charge in [0.25, 0.3) is 0 Å². The van der Waals surface area contributed by atoms with Crippen LogP contribution >= 0.6 is 0 Å². The highest BCUT2D eigenvalue weighted by molar-refractivity contribution is 5.94. The van der Waals surface area contributed by atoms with Crippen molar-refractivity contribution in [3.8, 4) is 0 Å². The monoisotopic (exact) mass is 221 g/mol. The predicted molar refractivity (Wildman–Crippen MR) is 62.4 cm³/mol. The number of ketones is 1. The molecule has 0 saturated carbocycles. The SMILES string of the molecule is Cn1ccc(C(=O)CCC2CCNCC2)n1. The van der Waals surface area contributed by atoms with Gasteiger partial charge in [-0.25, -0.2) is 0 Å². The van der Waals surface area contributed by atoms with E-state index in [0.29, 0.717) is 18.0 Å². The Morgan fingerprint density at radius 3 is 2.94 bits per heavy atom. The maximum absolute atomic E-state index is 11.8. The van der Waals surface area contributed by atoms with Crippen LogP contribution in [0.4, 0.5) is 0 Å². The number of carbonyl (C=O) groups excluding carboxylic acids is 1. The minimum atomic E-state index is 0.180. The van der Waals surface area contributed by atoms with Crippen LogP contribution in [0.25, 0.3) is 0 Å². The van der Waals surface area contributed by atoms with Crippen LogP contribution in [-0.4, -0.2) is 28.7 Å². The molecule has 1 N–H and O–H groups in total. The number of piperidine rings is 1. The van der Waals surface area contributed by atoms with Gasteiger partial charge in [0.05, 0.1) is 0 Å². The molecule has 4 heteroatoms. The van der Waals surface area contributed by atoms with Crippen molar-refractivity contribution in [1.82, 2.24) is 15.1 Å². The third kappa shape index (κ3) is 2.92.